The Morgan fingerprint density at radius 3 is 0.977 bits per heavy atom. The van der Waals surface area contributed by atoms with Crippen LogP contribution in [-0.2, 0) is 14.3 Å². The second kappa shape index (κ2) is 65.9. The molecule has 0 saturated carbocycles. The van der Waals surface area contributed by atoms with Gasteiger partial charge in [0.25, 0.3) is 0 Å². The Kier molecular flexibility index (Phi) is 63.5. The molecule has 524 valence electrons. The number of rotatable bonds is 70. The predicted octanol–water partition coefficient (Wildman–Crippen LogP) is 19.8. The maximum Gasteiger partial charge on any atom is 0.249 e. The van der Waals surface area contributed by atoms with Gasteiger partial charge in [0.15, 0.2) is 6.29 Å². The fourth-order valence-electron chi connectivity index (χ4n) is 13.1. The van der Waals surface area contributed by atoms with E-state index in [1.165, 1.54) is 334 Å². The summed E-state index contributed by atoms with van der Waals surface area (Å²) in [5.41, 5.74) is 0. The largest absolute Gasteiger partial charge is 0.394 e. The van der Waals surface area contributed by atoms with Crippen molar-refractivity contribution in [3.05, 3.63) is 12.2 Å². The summed E-state index contributed by atoms with van der Waals surface area (Å²) in [7, 11) is 0. The molecule has 0 spiro atoms. The number of amides is 1. The van der Waals surface area contributed by atoms with E-state index in [1.54, 1.807) is 0 Å². The lowest BCUT2D eigenvalue weighted by molar-refractivity contribution is -0.303. The van der Waals surface area contributed by atoms with E-state index < -0.39 is 74.2 Å². The topological polar surface area (TPSA) is 189 Å². The lowest BCUT2D eigenvalue weighted by Crippen LogP contribution is -2.60. The van der Waals surface area contributed by atoms with Crippen LogP contribution in [0, 0.1) is 0 Å². The summed E-state index contributed by atoms with van der Waals surface area (Å²) in [5.74, 6) is -0.696. The van der Waals surface area contributed by atoms with Gasteiger partial charge in [0.1, 0.15) is 36.6 Å². The normalized spacial score (nSPS) is 18.6. The van der Waals surface area contributed by atoms with Crippen LogP contribution < -0.4 is 5.32 Å². The van der Waals surface area contributed by atoms with Gasteiger partial charge >= 0.3 is 0 Å². The number of allylic oxidation sites excluding steroid dienone is 2. The zero-order valence-electron chi connectivity index (χ0n) is 58.3. The molecule has 0 aromatic heterocycles. The first-order valence-corrected chi connectivity index (χ1v) is 39.1. The molecule has 11 heteroatoms. The Morgan fingerprint density at radius 1 is 0.386 bits per heavy atom. The Hall–Kier alpha value is -1.15. The molecule has 0 aromatic carbocycles. The summed E-state index contributed by atoms with van der Waals surface area (Å²) in [5, 5.41) is 76.7. The van der Waals surface area contributed by atoms with Gasteiger partial charge in [0.2, 0.25) is 5.91 Å². The summed E-state index contributed by atoms with van der Waals surface area (Å²) >= 11 is 0. The number of carbonyl (C=O) groups excluding carboxylic acids is 1. The highest BCUT2D eigenvalue weighted by Gasteiger charge is 2.44. The molecule has 9 unspecified atom stereocenters. The number of aliphatic hydroxyl groups excluding tert-OH is 7. The molecule has 9 atom stereocenters. The zero-order chi connectivity index (χ0) is 63.9. The fourth-order valence-corrected chi connectivity index (χ4v) is 13.1. The van der Waals surface area contributed by atoms with E-state index in [0.717, 1.165) is 32.1 Å². The highest BCUT2D eigenvalue weighted by molar-refractivity contribution is 5.80. The zero-order valence-corrected chi connectivity index (χ0v) is 58.3. The van der Waals surface area contributed by atoms with E-state index in [-0.39, 0.29) is 12.8 Å². The van der Waals surface area contributed by atoms with Crippen molar-refractivity contribution >= 4 is 5.91 Å². The Labute approximate surface area is 544 Å². The predicted molar refractivity (Wildman–Crippen MR) is 372 cm³/mol. The third kappa shape index (κ3) is 52.3. The smallest absolute Gasteiger partial charge is 0.249 e. The molecule has 88 heavy (non-hydrogen) atoms. The molecule has 1 rings (SSSR count). The van der Waals surface area contributed by atoms with Crippen molar-refractivity contribution in [1.82, 2.24) is 5.32 Å². The van der Waals surface area contributed by atoms with Crippen molar-refractivity contribution < 1.29 is 50.0 Å². The number of hydrogen-bond acceptors (Lipinski definition) is 10. The number of hydrogen-bond donors (Lipinski definition) is 8. The van der Waals surface area contributed by atoms with Crippen LogP contribution >= 0.6 is 0 Å². The minimum absolute atomic E-state index is 0.260. The molecule has 0 aliphatic carbocycles. The van der Waals surface area contributed by atoms with Gasteiger partial charge in [-0.05, 0) is 38.5 Å². The number of aliphatic hydroxyl groups is 7. The molecule has 1 fully saturated rings. The van der Waals surface area contributed by atoms with Crippen LogP contribution in [0.1, 0.15) is 406 Å². The Bertz CT molecular complexity index is 1440. The lowest BCUT2D eigenvalue weighted by atomic mass is 9.98. The minimum atomic E-state index is -1.67. The van der Waals surface area contributed by atoms with Gasteiger partial charge in [-0.2, -0.15) is 0 Å². The van der Waals surface area contributed by atoms with E-state index in [1.807, 2.05) is 0 Å². The highest BCUT2D eigenvalue weighted by atomic mass is 16.7. The number of carbonyl (C=O) groups is 1. The van der Waals surface area contributed by atoms with E-state index in [2.05, 4.69) is 31.3 Å². The van der Waals surface area contributed by atoms with Crippen LogP contribution in [0.25, 0.3) is 0 Å². The second-order valence-electron chi connectivity index (χ2n) is 27.8. The third-order valence-electron chi connectivity index (χ3n) is 19.3. The molecule has 1 aliphatic rings. The number of ether oxygens (including phenoxy) is 2. The SMILES string of the molecule is CCCCCCCCCCCCCCCCCCCCCCCCCCCCC/C=C/CCCC(O)C(O)C(COC1OC(CO)C(O)C(O)C1O)NC(=O)C(O)CCCCCCCCCCCCCCCCCCCCCCCCCCCCCCC. The molecule has 1 heterocycles. The summed E-state index contributed by atoms with van der Waals surface area (Å²) in [6.07, 6.45) is 71.9. The molecule has 8 N–H and O–H groups in total. The van der Waals surface area contributed by atoms with E-state index >= 15 is 0 Å². The summed E-state index contributed by atoms with van der Waals surface area (Å²) in [6, 6.07) is -1.18. The first-order chi connectivity index (χ1) is 43.2. The third-order valence-corrected chi connectivity index (χ3v) is 19.3. The van der Waals surface area contributed by atoms with E-state index in [4.69, 9.17) is 9.47 Å². The molecule has 0 aromatic rings. The maximum atomic E-state index is 13.3. The van der Waals surface area contributed by atoms with Gasteiger partial charge in [-0.25, -0.2) is 0 Å². The Morgan fingerprint density at radius 2 is 0.670 bits per heavy atom. The van der Waals surface area contributed by atoms with Gasteiger partial charge < -0.3 is 50.5 Å². The quantitative estimate of drug-likeness (QED) is 0.0215. The number of nitrogens with one attached hydrogen (secondary N) is 1. The van der Waals surface area contributed by atoms with Crippen molar-refractivity contribution in [3.63, 3.8) is 0 Å². The van der Waals surface area contributed by atoms with Crippen LogP contribution in [0.2, 0.25) is 0 Å². The average molecular weight is 1250 g/mol. The van der Waals surface area contributed by atoms with Gasteiger partial charge in [0, 0.05) is 0 Å². The first kappa shape index (κ1) is 84.9. The fraction of sp³-hybridized carbons (Fsp3) is 0.961. The van der Waals surface area contributed by atoms with Crippen molar-refractivity contribution in [3.8, 4) is 0 Å². The van der Waals surface area contributed by atoms with Crippen LogP contribution in [0.15, 0.2) is 12.2 Å². The summed E-state index contributed by atoms with van der Waals surface area (Å²) in [4.78, 5) is 13.3. The van der Waals surface area contributed by atoms with Crippen molar-refractivity contribution in [2.75, 3.05) is 13.2 Å². The van der Waals surface area contributed by atoms with Crippen LogP contribution in [0.5, 0.6) is 0 Å². The van der Waals surface area contributed by atoms with Crippen LogP contribution in [0.4, 0.5) is 0 Å². The molecule has 11 nitrogen and oxygen atoms in total. The van der Waals surface area contributed by atoms with Crippen LogP contribution in [-0.4, -0.2) is 110 Å². The summed E-state index contributed by atoms with van der Waals surface area (Å²) in [6.45, 7) is 3.52. The monoisotopic (exact) mass is 1250 g/mol. The number of unbranched alkanes of at least 4 members (excludes halogenated alkanes) is 56. The molecule has 0 radical (unpaired) electrons. The highest BCUT2D eigenvalue weighted by Crippen LogP contribution is 2.24. The maximum absolute atomic E-state index is 13.3. The van der Waals surface area contributed by atoms with Gasteiger partial charge in [0.05, 0.1) is 25.4 Å². The Balaban J connectivity index is 2.15. The van der Waals surface area contributed by atoms with E-state index in [9.17, 15) is 40.5 Å². The van der Waals surface area contributed by atoms with E-state index in [0.29, 0.717) is 12.8 Å². The van der Waals surface area contributed by atoms with Gasteiger partial charge in [-0.3, -0.25) is 4.79 Å². The standard InChI is InChI=1S/C77H151NO10/c1-3-5-7-9-11-13-15-17-19-21-23-25-27-29-31-33-34-35-37-38-40-42-44-46-48-50-52-54-56-58-60-62-64-69(80)72(82)68(67-87-77-75(85)74(84)73(83)71(66-79)88-77)78-76(86)70(81)65-63-61-59-57-55-53-51-49-47-45-43-41-39-36-32-30-28-26-24-22-20-18-16-14-12-10-8-6-4-2/h56,58,68-75,77,79-85H,3-55,57,59-67H2,1-2H3,(H,78,86)/b58-56+. The lowest BCUT2D eigenvalue weighted by Gasteiger charge is -2.40. The molecular formula is C77H151NO10. The minimum Gasteiger partial charge on any atom is -0.394 e. The first-order valence-electron chi connectivity index (χ1n) is 39.1. The summed E-state index contributed by atoms with van der Waals surface area (Å²) < 4.78 is 11.2. The van der Waals surface area contributed by atoms with Crippen molar-refractivity contribution in [2.45, 2.75) is 461 Å². The molecular weight excluding hydrogens is 1100 g/mol. The second-order valence-corrected chi connectivity index (χ2v) is 27.8. The molecule has 1 aliphatic heterocycles. The molecule has 1 saturated heterocycles. The average Bonchev–Trinajstić information content (AvgIpc) is 3.73. The van der Waals surface area contributed by atoms with Gasteiger partial charge in [-0.15, -0.1) is 0 Å². The molecule has 0 bridgehead atoms. The van der Waals surface area contributed by atoms with Crippen LogP contribution in [0.3, 0.4) is 0 Å². The molecule has 1 amide bonds. The van der Waals surface area contributed by atoms with Crippen molar-refractivity contribution in [2.24, 2.45) is 0 Å². The van der Waals surface area contributed by atoms with Crippen molar-refractivity contribution in [1.29, 1.82) is 0 Å². The van der Waals surface area contributed by atoms with Gasteiger partial charge in [-0.1, -0.05) is 379 Å².